The fourth-order valence-electron chi connectivity index (χ4n) is 2.73. The van der Waals surface area contributed by atoms with Gasteiger partial charge < -0.3 is 14.4 Å². The molecule has 0 N–H and O–H groups in total. The predicted octanol–water partition coefficient (Wildman–Crippen LogP) is 4.28. The number of rotatable bonds is 7. The summed E-state index contributed by atoms with van der Waals surface area (Å²) in [6, 6.07) is 5.58. The summed E-state index contributed by atoms with van der Waals surface area (Å²) in [5.41, 5.74) is 0. The molecule has 126 valence electrons. The van der Waals surface area contributed by atoms with E-state index in [4.69, 9.17) is 21.1 Å². The average molecular weight is 338 g/mol. The lowest BCUT2D eigenvalue weighted by molar-refractivity contribution is -0.126. The fourth-order valence-corrected chi connectivity index (χ4v) is 2.95. The lowest BCUT2D eigenvalue weighted by Crippen LogP contribution is -2.36. The van der Waals surface area contributed by atoms with Crippen LogP contribution in [0.5, 0.6) is 11.5 Å². The number of hydrogen-bond acceptors (Lipinski definition) is 3. The topological polar surface area (TPSA) is 38.8 Å². The van der Waals surface area contributed by atoms with Gasteiger partial charge in [0.05, 0.1) is 13.2 Å². The summed E-state index contributed by atoms with van der Waals surface area (Å²) >= 11 is 6.29. The number of nitrogens with zero attached hydrogens (tertiary/aromatic N) is 1. The van der Waals surface area contributed by atoms with Crippen molar-refractivity contribution in [2.75, 3.05) is 13.2 Å². The highest BCUT2D eigenvalue weighted by Crippen LogP contribution is 2.35. The number of hydrogen-bond donors (Lipinski definition) is 0. The molecule has 1 aliphatic heterocycles. The van der Waals surface area contributed by atoms with Gasteiger partial charge in [0, 0.05) is 12.1 Å². The quantitative estimate of drug-likeness (QED) is 0.745. The van der Waals surface area contributed by atoms with Crippen molar-refractivity contribution in [3.63, 3.8) is 0 Å². The van der Waals surface area contributed by atoms with E-state index in [1.54, 1.807) is 18.2 Å². The van der Waals surface area contributed by atoms with Gasteiger partial charge in [-0.05, 0) is 38.3 Å². The second-order valence-electron chi connectivity index (χ2n) is 6.16. The Balaban J connectivity index is 2.06. The van der Waals surface area contributed by atoms with Gasteiger partial charge in [0.2, 0.25) is 0 Å². The van der Waals surface area contributed by atoms with Gasteiger partial charge in [-0.3, -0.25) is 4.79 Å². The smallest absolute Gasteiger partial charge is 0.250 e. The second-order valence-corrected chi connectivity index (χ2v) is 6.54. The zero-order valence-electron chi connectivity index (χ0n) is 14.1. The SMILES string of the molecule is CCOc1cccc(OC2=CC(=O)N([C@@H](C)CC(C)C)C2)c1Cl. The van der Waals surface area contributed by atoms with Crippen molar-refractivity contribution in [1.82, 2.24) is 4.90 Å². The fraction of sp³-hybridized carbons (Fsp3) is 0.500. The van der Waals surface area contributed by atoms with Gasteiger partial charge in [0.25, 0.3) is 5.91 Å². The minimum atomic E-state index is -0.00904. The largest absolute Gasteiger partial charge is 0.492 e. The number of benzene rings is 1. The van der Waals surface area contributed by atoms with Crippen molar-refractivity contribution in [1.29, 1.82) is 0 Å². The highest BCUT2D eigenvalue weighted by Gasteiger charge is 2.28. The molecule has 0 radical (unpaired) electrons. The maximum absolute atomic E-state index is 12.2. The first-order valence-electron chi connectivity index (χ1n) is 8.02. The molecule has 0 saturated carbocycles. The molecule has 4 nitrogen and oxygen atoms in total. The minimum absolute atomic E-state index is 0.00904. The summed E-state index contributed by atoms with van der Waals surface area (Å²) in [6.45, 7) is 9.28. The van der Waals surface area contributed by atoms with Crippen LogP contribution in [0.2, 0.25) is 5.02 Å². The van der Waals surface area contributed by atoms with Crippen LogP contribution in [0, 0.1) is 5.92 Å². The Labute approximate surface area is 143 Å². The van der Waals surface area contributed by atoms with Crippen molar-refractivity contribution in [3.05, 3.63) is 35.1 Å². The zero-order chi connectivity index (χ0) is 17.0. The van der Waals surface area contributed by atoms with Gasteiger partial charge in [0.1, 0.15) is 22.3 Å². The Bertz CT molecular complexity index is 598. The summed E-state index contributed by atoms with van der Waals surface area (Å²) in [5, 5.41) is 0.427. The number of halogens is 1. The number of carbonyl (C=O) groups is 1. The zero-order valence-corrected chi connectivity index (χ0v) is 14.9. The van der Waals surface area contributed by atoms with Crippen LogP contribution < -0.4 is 9.47 Å². The molecule has 0 fully saturated rings. The number of carbonyl (C=O) groups excluding carboxylic acids is 1. The monoisotopic (exact) mass is 337 g/mol. The van der Waals surface area contributed by atoms with Crippen LogP contribution in [0.3, 0.4) is 0 Å². The summed E-state index contributed by atoms with van der Waals surface area (Å²) in [6.07, 6.45) is 2.51. The molecule has 1 aromatic rings. The van der Waals surface area contributed by atoms with Gasteiger partial charge in [-0.15, -0.1) is 0 Å². The summed E-state index contributed by atoms with van der Waals surface area (Å²) in [7, 11) is 0. The molecular formula is C18H24ClNO3. The molecule has 2 rings (SSSR count). The Morgan fingerprint density at radius 2 is 1.96 bits per heavy atom. The van der Waals surface area contributed by atoms with Gasteiger partial charge >= 0.3 is 0 Å². The van der Waals surface area contributed by atoms with Gasteiger partial charge in [-0.2, -0.15) is 0 Å². The molecule has 0 spiro atoms. The summed E-state index contributed by atoms with van der Waals surface area (Å²) in [4.78, 5) is 14.0. The second kappa shape index (κ2) is 7.73. The molecule has 1 aliphatic rings. The lowest BCUT2D eigenvalue weighted by atomic mass is 10.0. The molecule has 0 aliphatic carbocycles. The maximum Gasteiger partial charge on any atom is 0.250 e. The van der Waals surface area contributed by atoms with Crippen LogP contribution in [0.4, 0.5) is 0 Å². The molecule has 0 aromatic heterocycles. The molecule has 0 unspecified atom stereocenters. The Kier molecular flexibility index (Phi) is 5.94. The van der Waals surface area contributed by atoms with Gasteiger partial charge in [-0.1, -0.05) is 31.5 Å². The van der Waals surface area contributed by atoms with E-state index in [0.717, 1.165) is 6.42 Å². The first kappa shape index (κ1) is 17.7. The number of ether oxygens (including phenoxy) is 2. The third-order valence-electron chi connectivity index (χ3n) is 3.71. The van der Waals surface area contributed by atoms with E-state index in [2.05, 4.69) is 20.8 Å². The van der Waals surface area contributed by atoms with E-state index < -0.39 is 0 Å². The maximum atomic E-state index is 12.2. The lowest BCUT2D eigenvalue weighted by Gasteiger charge is -2.26. The van der Waals surface area contributed by atoms with Crippen molar-refractivity contribution in [2.24, 2.45) is 5.92 Å². The van der Waals surface area contributed by atoms with E-state index in [1.165, 1.54) is 0 Å². The van der Waals surface area contributed by atoms with Crippen LogP contribution in [0.25, 0.3) is 0 Å². The standard InChI is InChI=1S/C18H24ClNO3/c1-5-22-15-7-6-8-16(18(15)19)23-14-10-17(21)20(11-14)13(4)9-12(2)3/h6-8,10,12-13H,5,9,11H2,1-4H3/t13-/m0/s1. The molecule has 1 amide bonds. The number of amides is 1. The molecule has 1 aromatic carbocycles. The molecule has 1 atom stereocenters. The molecule has 23 heavy (non-hydrogen) atoms. The highest BCUT2D eigenvalue weighted by molar-refractivity contribution is 6.33. The summed E-state index contributed by atoms with van der Waals surface area (Å²) < 4.78 is 11.3. The van der Waals surface area contributed by atoms with E-state index in [1.807, 2.05) is 17.9 Å². The van der Waals surface area contributed by atoms with Crippen molar-refractivity contribution < 1.29 is 14.3 Å². The van der Waals surface area contributed by atoms with E-state index in [9.17, 15) is 4.79 Å². The molecular weight excluding hydrogens is 314 g/mol. The van der Waals surface area contributed by atoms with Crippen molar-refractivity contribution >= 4 is 17.5 Å². The first-order valence-corrected chi connectivity index (χ1v) is 8.40. The Morgan fingerprint density at radius 1 is 1.26 bits per heavy atom. The summed E-state index contributed by atoms with van der Waals surface area (Å²) in [5.74, 6) is 2.24. The van der Waals surface area contributed by atoms with Gasteiger partial charge in [0.15, 0.2) is 0 Å². The predicted molar refractivity (Wildman–Crippen MR) is 92.0 cm³/mol. The Hall–Kier alpha value is -1.68. The Morgan fingerprint density at radius 3 is 2.61 bits per heavy atom. The molecule has 5 heteroatoms. The van der Waals surface area contributed by atoms with Crippen LogP contribution in [-0.2, 0) is 4.79 Å². The van der Waals surface area contributed by atoms with Crippen molar-refractivity contribution in [2.45, 2.75) is 40.2 Å². The van der Waals surface area contributed by atoms with Crippen LogP contribution in [0.1, 0.15) is 34.1 Å². The van der Waals surface area contributed by atoms with E-state index in [-0.39, 0.29) is 11.9 Å². The minimum Gasteiger partial charge on any atom is -0.492 e. The van der Waals surface area contributed by atoms with E-state index >= 15 is 0 Å². The highest BCUT2D eigenvalue weighted by atomic mass is 35.5. The van der Waals surface area contributed by atoms with Crippen LogP contribution in [0.15, 0.2) is 30.0 Å². The van der Waals surface area contributed by atoms with Crippen molar-refractivity contribution in [3.8, 4) is 11.5 Å². The molecule has 0 bridgehead atoms. The van der Waals surface area contributed by atoms with E-state index in [0.29, 0.717) is 41.4 Å². The van der Waals surface area contributed by atoms with Crippen LogP contribution >= 0.6 is 11.6 Å². The third kappa shape index (κ3) is 4.41. The molecule has 0 saturated heterocycles. The third-order valence-corrected chi connectivity index (χ3v) is 4.08. The first-order chi connectivity index (χ1) is 10.9. The normalized spacial score (nSPS) is 15.8. The van der Waals surface area contributed by atoms with Gasteiger partial charge in [-0.25, -0.2) is 0 Å². The molecule has 1 heterocycles. The van der Waals surface area contributed by atoms with Crippen LogP contribution in [-0.4, -0.2) is 30.0 Å². The average Bonchev–Trinajstić information content (AvgIpc) is 2.83.